The van der Waals surface area contributed by atoms with Crippen molar-refractivity contribution in [3.05, 3.63) is 89.5 Å². The second-order valence-electron chi connectivity index (χ2n) is 5.63. The van der Waals surface area contributed by atoms with Gasteiger partial charge in [0.1, 0.15) is 11.4 Å². The summed E-state index contributed by atoms with van der Waals surface area (Å²) in [7, 11) is -3.71. The van der Waals surface area contributed by atoms with Crippen LogP contribution >= 0.6 is 0 Å². The Morgan fingerprint density at radius 3 is 2.42 bits per heavy atom. The molecule has 1 N–H and O–H groups in total. The molecule has 3 aromatic rings. The molecule has 2 aromatic carbocycles. The van der Waals surface area contributed by atoms with Crippen LogP contribution in [0.15, 0.2) is 78.3 Å². The number of hydrogen-bond acceptors (Lipinski definition) is 4. The Balaban J connectivity index is 1.78. The molecule has 5 nitrogen and oxygen atoms in total. The lowest BCUT2D eigenvalue weighted by Crippen LogP contribution is -2.10. The van der Waals surface area contributed by atoms with E-state index < -0.39 is 10.0 Å². The standard InChI is InChI=1S/C20H18N2O3S/c1-16-9-11-17(12-10-16)13-15-26(23,24)22-19-8-5-14-21-20(19)25-18-6-3-2-4-7-18/h2-15,22H,1H3/b15-13-. The highest BCUT2D eigenvalue weighted by atomic mass is 32.2. The Labute approximate surface area is 153 Å². The van der Waals surface area contributed by atoms with E-state index in [1.165, 1.54) is 12.3 Å². The van der Waals surface area contributed by atoms with E-state index in [2.05, 4.69) is 9.71 Å². The molecule has 3 rings (SSSR count). The predicted octanol–water partition coefficient (Wildman–Crippen LogP) is 4.59. The number of nitrogens with one attached hydrogen (secondary N) is 1. The summed E-state index contributed by atoms with van der Waals surface area (Å²) < 4.78 is 32.9. The quantitative estimate of drug-likeness (QED) is 0.692. The third-order valence-electron chi connectivity index (χ3n) is 3.50. The minimum atomic E-state index is -3.71. The fraction of sp³-hybridized carbons (Fsp3) is 0.0500. The van der Waals surface area contributed by atoms with Gasteiger partial charge in [-0.15, -0.1) is 0 Å². The van der Waals surface area contributed by atoms with E-state index in [1.807, 2.05) is 49.4 Å². The SMILES string of the molecule is Cc1ccc(/C=C\S(=O)(=O)Nc2cccnc2Oc2ccccc2)cc1. The molecule has 0 spiro atoms. The first-order chi connectivity index (χ1) is 12.5. The van der Waals surface area contributed by atoms with Crippen LogP contribution in [0, 0.1) is 6.92 Å². The van der Waals surface area contributed by atoms with Gasteiger partial charge in [-0.3, -0.25) is 4.72 Å². The molecule has 26 heavy (non-hydrogen) atoms. The van der Waals surface area contributed by atoms with Gasteiger partial charge in [0, 0.05) is 6.20 Å². The van der Waals surface area contributed by atoms with Crippen molar-refractivity contribution in [2.75, 3.05) is 4.72 Å². The average Bonchev–Trinajstić information content (AvgIpc) is 2.64. The summed E-state index contributed by atoms with van der Waals surface area (Å²) in [6.07, 6.45) is 3.08. The molecule has 0 saturated carbocycles. The van der Waals surface area contributed by atoms with Gasteiger partial charge in [-0.25, -0.2) is 13.4 Å². The van der Waals surface area contributed by atoms with Crippen LogP contribution in [-0.4, -0.2) is 13.4 Å². The minimum Gasteiger partial charge on any atom is -0.437 e. The summed E-state index contributed by atoms with van der Waals surface area (Å²) in [4.78, 5) is 4.11. The molecule has 0 radical (unpaired) electrons. The number of sulfonamides is 1. The van der Waals surface area contributed by atoms with E-state index in [1.54, 1.807) is 24.3 Å². The molecular formula is C20H18N2O3S. The van der Waals surface area contributed by atoms with E-state index in [9.17, 15) is 8.42 Å². The van der Waals surface area contributed by atoms with Crippen LogP contribution in [0.5, 0.6) is 11.6 Å². The van der Waals surface area contributed by atoms with Crippen LogP contribution in [0.1, 0.15) is 11.1 Å². The van der Waals surface area contributed by atoms with E-state index in [0.29, 0.717) is 5.75 Å². The molecule has 0 atom stereocenters. The first-order valence-corrected chi connectivity index (χ1v) is 9.52. The van der Waals surface area contributed by atoms with Gasteiger partial charge in [0.25, 0.3) is 10.0 Å². The first-order valence-electron chi connectivity index (χ1n) is 7.97. The van der Waals surface area contributed by atoms with Crippen molar-refractivity contribution in [1.29, 1.82) is 0 Å². The Hall–Kier alpha value is -3.12. The van der Waals surface area contributed by atoms with Gasteiger partial charge in [0.15, 0.2) is 0 Å². The molecule has 0 saturated heterocycles. The summed E-state index contributed by atoms with van der Waals surface area (Å²) in [6, 6.07) is 19.9. The second-order valence-corrected chi connectivity index (χ2v) is 7.20. The third kappa shape index (κ3) is 4.94. The number of aromatic nitrogens is 1. The fourth-order valence-corrected chi connectivity index (χ4v) is 3.05. The van der Waals surface area contributed by atoms with Crippen LogP contribution in [-0.2, 0) is 10.0 Å². The van der Waals surface area contributed by atoms with Crippen molar-refractivity contribution in [3.8, 4) is 11.6 Å². The largest absolute Gasteiger partial charge is 0.437 e. The molecule has 0 amide bonds. The van der Waals surface area contributed by atoms with E-state index >= 15 is 0 Å². The van der Waals surface area contributed by atoms with Gasteiger partial charge in [-0.1, -0.05) is 48.0 Å². The zero-order chi connectivity index (χ0) is 18.4. The third-order valence-corrected chi connectivity index (χ3v) is 4.50. The smallest absolute Gasteiger partial charge is 0.255 e. The summed E-state index contributed by atoms with van der Waals surface area (Å²) in [5, 5.41) is 1.12. The van der Waals surface area contributed by atoms with Gasteiger partial charge in [0.2, 0.25) is 5.88 Å². The van der Waals surface area contributed by atoms with Crippen molar-refractivity contribution in [3.63, 3.8) is 0 Å². The molecule has 1 aromatic heterocycles. The molecule has 1 heterocycles. The molecule has 0 aliphatic rings. The van der Waals surface area contributed by atoms with E-state index in [0.717, 1.165) is 16.5 Å². The first kappa shape index (κ1) is 17.7. The maximum absolute atomic E-state index is 12.4. The molecule has 0 unspecified atom stereocenters. The average molecular weight is 366 g/mol. The van der Waals surface area contributed by atoms with Gasteiger partial charge in [-0.2, -0.15) is 0 Å². The highest BCUT2D eigenvalue weighted by Crippen LogP contribution is 2.27. The Morgan fingerprint density at radius 1 is 0.962 bits per heavy atom. The molecule has 0 bridgehead atoms. The highest BCUT2D eigenvalue weighted by Gasteiger charge is 2.12. The minimum absolute atomic E-state index is 0.186. The van der Waals surface area contributed by atoms with Crippen LogP contribution in [0.25, 0.3) is 6.08 Å². The second kappa shape index (κ2) is 7.84. The topological polar surface area (TPSA) is 68.3 Å². The Bertz CT molecular complexity index is 999. The normalized spacial score (nSPS) is 11.4. The van der Waals surface area contributed by atoms with Crippen molar-refractivity contribution < 1.29 is 13.2 Å². The number of nitrogens with zero attached hydrogens (tertiary/aromatic N) is 1. The number of pyridine rings is 1. The molecular weight excluding hydrogens is 348 g/mol. The van der Waals surface area contributed by atoms with Crippen LogP contribution < -0.4 is 9.46 Å². The van der Waals surface area contributed by atoms with Crippen LogP contribution in [0.3, 0.4) is 0 Å². The van der Waals surface area contributed by atoms with Gasteiger partial charge >= 0.3 is 0 Å². The molecule has 0 fully saturated rings. The van der Waals surface area contributed by atoms with Crippen molar-refractivity contribution in [2.24, 2.45) is 0 Å². The zero-order valence-corrected chi connectivity index (χ0v) is 15.0. The maximum atomic E-state index is 12.4. The number of ether oxygens (including phenoxy) is 1. The monoisotopic (exact) mass is 366 g/mol. The lowest BCUT2D eigenvalue weighted by atomic mass is 10.2. The van der Waals surface area contributed by atoms with Gasteiger partial charge in [0.05, 0.1) is 5.41 Å². The lowest BCUT2D eigenvalue weighted by Gasteiger charge is -2.10. The van der Waals surface area contributed by atoms with Gasteiger partial charge in [-0.05, 0) is 42.8 Å². The Morgan fingerprint density at radius 2 is 1.69 bits per heavy atom. The van der Waals surface area contributed by atoms with Crippen molar-refractivity contribution >= 4 is 21.8 Å². The molecule has 0 aliphatic heterocycles. The van der Waals surface area contributed by atoms with Gasteiger partial charge < -0.3 is 4.74 Å². The van der Waals surface area contributed by atoms with Crippen LogP contribution in [0.2, 0.25) is 0 Å². The fourth-order valence-electron chi connectivity index (χ4n) is 2.18. The summed E-state index contributed by atoms with van der Waals surface area (Å²) in [6.45, 7) is 1.97. The van der Waals surface area contributed by atoms with Crippen LogP contribution in [0.4, 0.5) is 5.69 Å². The van der Waals surface area contributed by atoms with E-state index in [-0.39, 0.29) is 11.6 Å². The zero-order valence-electron chi connectivity index (χ0n) is 14.2. The summed E-state index contributed by atoms with van der Waals surface area (Å²) in [5.74, 6) is 0.757. The number of benzene rings is 2. The molecule has 0 aliphatic carbocycles. The predicted molar refractivity (Wildman–Crippen MR) is 104 cm³/mol. The van der Waals surface area contributed by atoms with Crippen molar-refractivity contribution in [2.45, 2.75) is 6.92 Å². The summed E-state index contributed by atoms with van der Waals surface area (Å²) >= 11 is 0. The number of anilines is 1. The maximum Gasteiger partial charge on any atom is 0.255 e. The number of rotatable bonds is 6. The van der Waals surface area contributed by atoms with E-state index in [4.69, 9.17) is 4.74 Å². The highest BCUT2D eigenvalue weighted by molar-refractivity contribution is 7.95. The lowest BCUT2D eigenvalue weighted by molar-refractivity contribution is 0.465. The summed E-state index contributed by atoms with van der Waals surface area (Å²) in [5.41, 5.74) is 2.18. The number of para-hydroxylation sites is 1. The molecule has 132 valence electrons. The number of aryl methyl sites for hydroxylation is 1. The Kier molecular flexibility index (Phi) is 5.34. The molecule has 6 heteroatoms. The number of hydrogen-bond donors (Lipinski definition) is 1. The van der Waals surface area contributed by atoms with Crippen molar-refractivity contribution in [1.82, 2.24) is 4.98 Å².